The van der Waals surface area contributed by atoms with Gasteiger partial charge in [0.15, 0.2) is 0 Å². The van der Waals surface area contributed by atoms with Crippen molar-refractivity contribution in [2.45, 2.75) is 6.42 Å². The highest BCUT2D eigenvalue weighted by molar-refractivity contribution is 7.13. The molecular formula is C13H11NS. The van der Waals surface area contributed by atoms with Crippen molar-refractivity contribution in [3.05, 3.63) is 52.5 Å². The minimum Gasteiger partial charge on any atom is -0.402 e. The molecule has 1 aromatic carbocycles. The van der Waals surface area contributed by atoms with E-state index >= 15 is 0 Å². The SMILES string of the molecule is NC1=Cc2c(cccc2-c2cccs2)C1. The second-order valence-corrected chi connectivity index (χ2v) is 4.70. The van der Waals surface area contributed by atoms with E-state index < -0.39 is 0 Å². The first kappa shape index (κ1) is 8.74. The highest BCUT2D eigenvalue weighted by atomic mass is 32.1. The van der Waals surface area contributed by atoms with Gasteiger partial charge in [0.05, 0.1) is 0 Å². The van der Waals surface area contributed by atoms with Crippen LogP contribution in [0.3, 0.4) is 0 Å². The second-order valence-electron chi connectivity index (χ2n) is 3.75. The minimum absolute atomic E-state index is 0.897. The fourth-order valence-corrected chi connectivity index (χ4v) is 2.81. The van der Waals surface area contributed by atoms with Crippen molar-refractivity contribution < 1.29 is 0 Å². The summed E-state index contributed by atoms with van der Waals surface area (Å²) in [5.41, 5.74) is 10.8. The smallest absolute Gasteiger partial charge is 0.0348 e. The van der Waals surface area contributed by atoms with Gasteiger partial charge in [0.1, 0.15) is 0 Å². The molecule has 74 valence electrons. The van der Waals surface area contributed by atoms with Crippen molar-refractivity contribution in [1.29, 1.82) is 0 Å². The summed E-state index contributed by atoms with van der Waals surface area (Å²) in [5.74, 6) is 0. The summed E-state index contributed by atoms with van der Waals surface area (Å²) in [5, 5.41) is 2.11. The quantitative estimate of drug-likeness (QED) is 0.773. The number of allylic oxidation sites excluding steroid dienone is 1. The summed E-state index contributed by atoms with van der Waals surface area (Å²) < 4.78 is 0. The Bertz CT molecular complexity index is 523. The van der Waals surface area contributed by atoms with Crippen LogP contribution >= 0.6 is 11.3 Å². The van der Waals surface area contributed by atoms with E-state index in [0.29, 0.717) is 0 Å². The molecule has 0 bridgehead atoms. The summed E-state index contributed by atoms with van der Waals surface area (Å²) in [6.07, 6.45) is 3.00. The standard InChI is InChI=1S/C13H11NS/c14-10-7-9-3-1-4-11(12(9)8-10)13-5-2-6-15-13/h1-6,8H,7,14H2. The number of rotatable bonds is 1. The molecule has 1 heterocycles. The van der Waals surface area contributed by atoms with Crippen LogP contribution < -0.4 is 5.73 Å². The maximum absolute atomic E-state index is 5.87. The van der Waals surface area contributed by atoms with Crippen LogP contribution in [0.4, 0.5) is 0 Å². The molecule has 0 atom stereocenters. The third-order valence-electron chi connectivity index (χ3n) is 2.71. The Morgan fingerprint density at radius 3 is 2.87 bits per heavy atom. The Hall–Kier alpha value is -1.54. The number of fused-ring (bicyclic) bond motifs is 1. The van der Waals surface area contributed by atoms with Crippen molar-refractivity contribution >= 4 is 17.4 Å². The molecule has 0 radical (unpaired) electrons. The van der Waals surface area contributed by atoms with E-state index in [4.69, 9.17) is 5.73 Å². The van der Waals surface area contributed by atoms with E-state index in [9.17, 15) is 0 Å². The van der Waals surface area contributed by atoms with Crippen molar-refractivity contribution in [2.75, 3.05) is 0 Å². The largest absolute Gasteiger partial charge is 0.402 e. The highest BCUT2D eigenvalue weighted by Gasteiger charge is 2.14. The first-order valence-corrected chi connectivity index (χ1v) is 5.84. The Morgan fingerprint density at radius 1 is 1.13 bits per heavy atom. The monoisotopic (exact) mass is 213 g/mol. The lowest BCUT2D eigenvalue weighted by Gasteiger charge is -2.04. The van der Waals surface area contributed by atoms with Gasteiger partial charge in [-0.2, -0.15) is 0 Å². The normalized spacial score (nSPS) is 13.7. The summed E-state index contributed by atoms with van der Waals surface area (Å²) in [6.45, 7) is 0. The van der Waals surface area contributed by atoms with Gasteiger partial charge in [-0.3, -0.25) is 0 Å². The van der Waals surface area contributed by atoms with Crippen LogP contribution in [0.15, 0.2) is 41.4 Å². The third-order valence-corrected chi connectivity index (χ3v) is 3.61. The van der Waals surface area contributed by atoms with Gasteiger partial charge in [0.2, 0.25) is 0 Å². The molecule has 0 aliphatic heterocycles. The lowest BCUT2D eigenvalue weighted by atomic mass is 10.0. The summed E-state index contributed by atoms with van der Waals surface area (Å²) in [4.78, 5) is 1.32. The Labute approximate surface area is 92.9 Å². The average molecular weight is 213 g/mol. The van der Waals surface area contributed by atoms with E-state index in [2.05, 4.69) is 41.8 Å². The van der Waals surface area contributed by atoms with E-state index in [0.717, 1.165) is 12.1 Å². The summed E-state index contributed by atoms with van der Waals surface area (Å²) in [7, 11) is 0. The maximum atomic E-state index is 5.87. The molecule has 1 aromatic heterocycles. The van der Waals surface area contributed by atoms with Gasteiger partial charge < -0.3 is 5.73 Å². The van der Waals surface area contributed by atoms with Crippen LogP contribution in [-0.2, 0) is 6.42 Å². The van der Waals surface area contributed by atoms with E-state index in [-0.39, 0.29) is 0 Å². The molecule has 1 aliphatic carbocycles. The number of benzene rings is 1. The van der Waals surface area contributed by atoms with Crippen molar-refractivity contribution in [1.82, 2.24) is 0 Å². The first-order valence-electron chi connectivity index (χ1n) is 4.96. The molecule has 0 amide bonds. The molecule has 3 rings (SSSR count). The van der Waals surface area contributed by atoms with Crippen molar-refractivity contribution in [3.8, 4) is 10.4 Å². The molecular weight excluding hydrogens is 202 g/mol. The van der Waals surface area contributed by atoms with Crippen LogP contribution in [0, 0.1) is 0 Å². The van der Waals surface area contributed by atoms with Crippen LogP contribution in [0.5, 0.6) is 0 Å². The molecule has 0 saturated heterocycles. The lowest BCUT2D eigenvalue weighted by molar-refractivity contribution is 1.16. The van der Waals surface area contributed by atoms with E-state index in [1.807, 2.05) is 0 Å². The Balaban J connectivity index is 2.22. The molecule has 0 unspecified atom stereocenters. The van der Waals surface area contributed by atoms with Crippen LogP contribution in [0.25, 0.3) is 16.5 Å². The number of hydrogen-bond donors (Lipinski definition) is 1. The molecule has 0 saturated carbocycles. The van der Waals surface area contributed by atoms with E-state index in [1.165, 1.54) is 21.6 Å². The summed E-state index contributed by atoms with van der Waals surface area (Å²) >= 11 is 1.77. The zero-order valence-corrected chi connectivity index (χ0v) is 9.05. The molecule has 1 nitrogen and oxygen atoms in total. The first-order chi connectivity index (χ1) is 7.34. The topological polar surface area (TPSA) is 26.0 Å². The number of thiophene rings is 1. The lowest BCUT2D eigenvalue weighted by Crippen LogP contribution is -1.94. The van der Waals surface area contributed by atoms with Crippen molar-refractivity contribution in [3.63, 3.8) is 0 Å². The van der Waals surface area contributed by atoms with Crippen molar-refractivity contribution in [2.24, 2.45) is 5.73 Å². The zero-order chi connectivity index (χ0) is 10.3. The van der Waals surface area contributed by atoms with Crippen LogP contribution in [0.1, 0.15) is 11.1 Å². The third kappa shape index (κ3) is 1.38. The van der Waals surface area contributed by atoms with Gasteiger partial charge in [0.25, 0.3) is 0 Å². The predicted molar refractivity (Wildman–Crippen MR) is 65.6 cm³/mol. The van der Waals surface area contributed by atoms with Gasteiger partial charge in [-0.05, 0) is 34.2 Å². The molecule has 2 heteroatoms. The molecule has 0 spiro atoms. The Morgan fingerprint density at radius 2 is 2.07 bits per heavy atom. The molecule has 0 fully saturated rings. The van der Waals surface area contributed by atoms with Gasteiger partial charge in [-0.15, -0.1) is 11.3 Å². The average Bonchev–Trinajstić information content (AvgIpc) is 2.82. The fraction of sp³-hybridized carbons (Fsp3) is 0.0769. The number of hydrogen-bond acceptors (Lipinski definition) is 2. The van der Waals surface area contributed by atoms with Gasteiger partial charge in [0, 0.05) is 17.0 Å². The van der Waals surface area contributed by atoms with Gasteiger partial charge in [-0.1, -0.05) is 24.3 Å². The van der Waals surface area contributed by atoms with Gasteiger partial charge in [-0.25, -0.2) is 0 Å². The predicted octanol–water partition coefficient (Wildman–Crippen LogP) is 3.27. The van der Waals surface area contributed by atoms with Crippen LogP contribution in [0.2, 0.25) is 0 Å². The summed E-state index contributed by atoms with van der Waals surface area (Å²) in [6, 6.07) is 10.7. The minimum atomic E-state index is 0.897. The number of nitrogens with two attached hydrogens (primary N) is 1. The fourth-order valence-electron chi connectivity index (χ4n) is 2.04. The maximum Gasteiger partial charge on any atom is 0.0348 e. The highest BCUT2D eigenvalue weighted by Crippen LogP contribution is 2.34. The second kappa shape index (κ2) is 3.24. The van der Waals surface area contributed by atoms with Gasteiger partial charge >= 0.3 is 0 Å². The molecule has 1 aliphatic rings. The molecule has 2 N–H and O–H groups in total. The van der Waals surface area contributed by atoms with Crippen LogP contribution in [-0.4, -0.2) is 0 Å². The molecule has 15 heavy (non-hydrogen) atoms. The molecule has 2 aromatic rings. The zero-order valence-electron chi connectivity index (χ0n) is 8.23. The Kier molecular flexibility index (Phi) is 1.89. The van der Waals surface area contributed by atoms with E-state index in [1.54, 1.807) is 11.3 Å².